The van der Waals surface area contributed by atoms with E-state index in [4.69, 9.17) is 5.73 Å². The molecule has 0 saturated heterocycles. The number of nitrogens with one attached hydrogen (secondary N) is 1. The fourth-order valence-corrected chi connectivity index (χ4v) is 3.70. The van der Waals surface area contributed by atoms with Gasteiger partial charge in [-0.1, -0.05) is 20.8 Å². The van der Waals surface area contributed by atoms with Gasteiger partial charge in [-0.15, -0.1) is 12.4 Å². The minimum Gasteiger partial charge on any atom is -0.346 e. The van der Waals surface area contributed by atoms with Crippen molar-refractivity contribution in [2.24, 2.45) is 11.7 Å². The van der Waals surface area contributed by atoms with E-state index in [-0.39, 0.29) is 36.7 Å². The topological polar surface area (TPSA) is 75.4 Å². The Morgan fingerprint density at radius 2 is 2.00 bits per heavy atom. The summed E-state index contributed by atoms with van der Waals surface area (Å²) in [6.07, 6.45) is 3.28. The fourth-order valence-electron chi connectivity index (χ4n) is 2.57. The first-order valence-electron chi connectivity index (χ1n) is 7.77. The lowest BCUT2D eigenvalue weighted by Gasteiger charge is -2.25. The van der Waals surface area contributed by atoms with Gasteiger partial charge in [0.1, 0.15) is 0 Å². The minimum absolute atomic E-state index is 0. The van der Waals surface area contributed by atoms with Crippen LogP contribution in [-0.2, 0) is 9.59 Å². The average Bonchev–Trinajstić information content (AvgIpc) is 2.91. The molecule has 1 saturated carbocycles. The standard InChI is InChI=1S/C15H29N3O2S.ClH/c1-5-21-12-7-6-11(8-12)18(4)13(19)9-17-15(20)14(16)10(2)3;/h10-12,14H,5-9,16H2,1-4H3,(H,17,20);1H/t11?,12?,14-;/m0./s1. The molecule has 2 amide bonds. The predicted octanol–water partition coefficient (Wildman–Crippen LogP) is 1.64. The van der Waals surface area contributed by atoms with Gasteiger partial charge in [0, 0.05) is 18.3 Å². The lowest BCUT2D eigenvalue weighted by molar-refractivity contribution is -0.133. The van der Waals surface area contributed by atoms with E-state index in [1.165, 1.54) is 6.42 Å². The highest BCUT2D eigenvalue weighted by atomic mass is 35.5. The van der Waals surface area contributed by atoms with Crippen molar-refractivity contribution < 1.29 is 9.59 Å². The Morgan fingerprint density at radius 3 is 2.55 bits per heavy atom. The van der Waals surface area contributed by atoms with Crippen LogP contribution < -0.4 is 11.1 Å². The Balaban J connectivity index is 0.00000441. The number of rotatable bonds is 7. The number of nitrogens with zero attached hydrogens (tertiary/aromatic N) is 1. The maximum Gasteiger partial charge on any atom is 0.241 e. The Morgan fingerprint density at radius 1 is 1.36 bits per heavy atom. The molecule has 0 aromatic carbocycles. The summed E-state index contributed by atoms with van der Waals surface area (Å²) in [7, 11) is 1.83. The third-order valence-electron chi connectivity index (χ3n) is 4.14. The van der Waals surface area contributed by atoms with Gasteiger partial charge in [0.25, 0.3) is 0 Å². The summed E-state index contributed by atoms with van der Waals surface area (Å²) < 4.78 is 0. The Hall–Kier alpha value is -0.460. The van der Waals surface area contributed by atoms with E-state index >= 15 is 0 Å². The largest absolute Gasteiger partial charge is 0.346 e. The summed E-state index contributed by atoms with van der Waals surface area (Å²) in [6.45, 7) is 5.99. The fraction of sp³-hybridized carbons (Fsp3) is 0.867. The summed E-state index contributed by atoms with van der Waals surface area (Å²) >= 11 is 1.97. The zero-order valence-corrected chi connectivity index (χ0v) is 15.6. The number of amides is 2. The van der Waals surface area contributed by atoms with Crippen LogP contribution in [0.15, 0.2) is 0 Å². The highest BCUT2D eigenvalue weighted by molar-refractivity contribution is 7.99. The molecule has 5 nitrogen and oxygen atoms in total. The van der Waals surface area contributed by atoms with Crippen LogP contribution in [0, 0.1) is 5.92 Å². The number of carbonyl (C=O) groups is 2. The van der Waals surface area contributed by atoms with Crippen LogP contribution >= 0.6 is 24.2 Å². The average molecular weight is 352 g/mol. The molecule has 3 atom stereocenters. The normalized spacial score (nSPS) is 22.1. The summed E-state index contributed by atoms with van der Waals surface area (Å²) in [5.41, 5.74) is 5.76. The molecule has 1 fully saturated rings. The molecule has 2 unspecified atom stereocenters. The maximum atomic E-state index is 12.2. The van der Waals surface area contributed by atoms with Crippen molar-refractivity contribution in [3.05, 3.63) is 0 Å². The lowest BCUT2D eigenvalue weighted by Crippen LogP contribution is -2.48. The van der Waals surface area contributed by atoms with Crippen LogP contribution in [0.4, 0.5) is 0 Å². The first-order valence-corrected chi connectivity index (χ1v) is 8.82. The SMILES string of the molecule is CCSC1CCC(N(C)C(=O)CNC(=O)[C@@H](N)C(C)C)C1.Cl. The molecule has 3 N–H and O–H groups in total. The van der Waals surface area contributed by atoms with Crippen molar-refractivity contribution >= 4 is 36.0 Å². The number of hydrogen-bond acceptors (Lipinski definition) is 4. The molecule has 7 heteroatoms. The van der Waals surface area contributed by atoms with E-state index in [9.17, 15) is 9.59 Å². The van der Waals surface area contributed by atoms with Crippen LogP contribution in [-0.4, -0.2) is 53.4 Å². The highest BCUT2D eigenvalue weighted by Gasteiger charge is 2.30. The van der Waals surface area contributed by atoms with Crippen LogP contribution in [0.2, 0.25) is 0 Å². The van der Waals surface area contributed by atoms with Crippen LogP contribution in [0.5, 0.6) is 0 Å². The van der Waals surface area contributed by atoms with Gasteiger partial charge in [-0.3, -0.25) is 9.59 Å². The molecule has 1 rings (SSSR count). The van der Waals surface area contributed by atoms with Crippen molar-refractivity contribution in [3.63, 3.8) is 0 Å². The summed E-state index contributed by atoms with van der Waals surface area (Å²) in [5, 5.41) is 3.31. The summed E-state index contributed by atoms with van der Waals surface area (Å²) in [4.78, 5) is 25.7. The number of halogens is 1. The van der Waals surface area contributed by atoms with Crippen LogP contribution in [0.1, 0.15) is 40.0 Å². The molecule has 1 aliphatic carbocycles. The van der Waals surface area contributed by atoms with Gasteiger partial charge in [-0.25, -0.2) is 0 Å². The Labute approximate surface area is 144 Å². The Bertz CT molecular complexity index is 369. The molecule has 0 bridgehead atoms. The van der Waals surface area contributed by atoms with Gasteiger partial charge in [-0.05, 0) is 30.9 Å². The first kappa shape index (κ1) is 21.5. The molecule has 1 aliphatic rings. The van der Waals surface area contributed by atoms with Crippen molar-refractivity contribution in [3.8, 4) is 0 Å². The van der Waals surface area contributed by atoms with Gasteiger partial charge in [0.05, 0.1) is 12.6 Å². The van der Waals surface area contributed by atoms with E-state index in [2.05, 4.69) is 12.2 Å². The number of hydrogen-bond donors (Lipinski definition) is 2. The van der Waals surface area contributed by atoms with E-state index in [1.54, 1.807) is 4.90 Å². The minimum atomic E-state index is -0.556. The lowest BCUT2D eigenvalue weighted by atomic mass is 10.1. The van der Waals surface area contributed by atoms with Crippen molar-refractivity contribution in [1.29, 1.82) is 0 Å². The zero-order valence-electron chi connectivity index (χ0n) is 14.0. The molecule has 0 aliphatic heterocycles. The van der Waals surface area contributed by atoms with Crippen molar-refractivity contribution in [1.82, 2.24) is 10.2 Å². The van der Waals surface area contributed by atoms with Gasteiger partial charge in [-0.2, -0.15) is 11.8 Å². The maximum absolute atomic E-state index is 12.2. The van der Waals surface area contributed by atoms with E-state index in [1.807, 2.05) is 32.7 Å². The predicted molar refractivity (Wildman–Crippen MR) is 95.4 cm³/mol. The molecular weight excluding hydrogens is 322 g/mol. The van der Waals surface area contributed by atoms with Crippen molar-refractivity contribution in [2.75, 3.05) is 19.3 Å². The van der Waals surface area contributed by atoms with Crippen LogP contribution in [0.3, 0.4) is 0 Å². The summed E-state index contributed by atoms with van der Waals surface area (Å²) in [6, 6.07) is -0.253. The zero-order chi connectivity index (χ0) is 16.0. The molecule has 0 aromatic rings. The second kappa shape index (κ2) is 10.3. The Kier molecular flexibility index (Phi) is 10.1. The number of likely N-dealkylation sites (N-methyl/N-ethyl adjacent to an activating group) is 1. The van der Waals surface area contributed by atoms with E-state index in [0.717, 1.165) is 18.6 Å². The smallest absolute Gasteiger partial charge is 0.241 e. The third kappa shape index (κ3) is 6.34. The van der Waals surface area contributed by atoms with Crippen molar-refractivity contribution in [2.45, 2.75) is 57.4 Å². The van der Waals surface area contributed by atoms with E-state index < -0.39 is 6.04 Å². The highest BCUT2D eigenvalue weighted by Crippen LogP contribution is 2.32. The monoisotopic (exact) mass is 351 g/mol. The molecule has 0 radical (unpaired) electrons. The van der Waals surface area contributed by atoms with Crippen LogP contribution in [0.25, 0.3) is 0 Å². The van der Waals surface area contributed by atoms with Gasteiger partial charge < -0.3 is 16.0 Å². The first-order chi connectivity index (χ1) is 9.86. The van der Waals surface area contributed by atoms with Gasteiger partial charge in [0.15, 0.2) is 0 Å². The third-order valence-corrected chi connectivity index (χ3v) is 5.37. The summed E-state index contributed by atoms with van der Waals surface area (Å²) in [5.74, 6) is 0.904. The molecule has 0 aromatic heterocycles. The second-order valence-corrected chi connectivity index (χ2v) is 7.61. The molecular formula is C15H30ClN3O2S. The molecule has 130 valence electrons. The van der Waals surface area contributed by atoms with E-state index in [0.29, 0.717) is 11.3 Å². The second-order valence-electron chi connectivity index (χ2n) is 6.04. The molecule has 0 spiro atoms. The molecule has 22 heavy (non-hydrogen) atoms. The number of thioether (sulfide) groups is 1. The number of nitrogens with two attached hydrogens (primary N) is 1. The van der Waals surface area contributed by atoms with Gasteiger partial charge in [0.2, 0.25) is 11.8 Å². The molecule has 0 heterocycles. The quantitative estimate of drug-likeness (QED) is 0.731. The van der Waals surface area contributed by atoms with Gasteiger partial charge >= 0.3 is 0 Å². The number of carbonyl (C=O) groups excluding carboxylic acids is 2.